The Morgan fingerprint density at radius 3 is 1.90 bits per heavy atom. The van der Waals surface area contributed by atoms with Crippen LogP contribution in [0.4, 0.5) is 0 Å². The number of rotatable bonds is 6. The second-order valence-corrected chi connectivity index (χ2v) is 6.32. The highest BCUT2D eigenvalue weighted by atomic mass is 16.5. The molecule has 6 nitrogen and oxygen atoms in total. The molecule has 29 heavy (non-hydrogen) atoms. The number of pyridine rings is 2. The van der Waals surface area contributed by atoms with Crippen molar-refractivity contribution in [3.8, 4) is 0 Å². The average Bonchev–Trinajstić information content (AvgIpc) is 2.78. The van der Waals surface area contributed by atoms with Crippen LogP contribution in [0.15, 0.2) is 67.3 Å². The van der Waals surface area contributed by atoms with Gasteiger partial charge in [0.25, 0.3) is 0 Å². The molecule has 0 aliphatic rings. The van der Waals surface area contributed by atoms with Gasteiger partial charge in [0.15, 0.2) is 18.9 Å². The van der Waals surface area contributed by atoms with Crippen molar-refractivity contribution in [1.82, 2.24) is 4.98 Å². The highest BCUT2D eigenvalue weighted by Crippen LogP contribution is 2.13. The summed E-state index contributed by atoms with van der Waals surface area (Å²) in [6, 6.07) is 12.7. The van der Waals surface area contributed by atoms with Crippen molar-refractivity contribution >= 4 is 24.1 Å². The Balaban J connectivity index is 1.79. The Hall–Kier alpha value is -3.80. The largest absolute Gasteiger partial charge is 0.465 e. The van der Waals surface area contributed by atoms with E-state index in [1.54, 1.807) is 24.5 Å². The van der Waals surface area contributed by atoms with Crippen molar-refractivity contribution in [3.05, 3.63) is 95.1 Å². The topological polar surface area (TPSA) is 69.4 Å². The number of ether oxygens (including phenoxy) is 2. The Bertz CT molecular complexity index is 994. The number of methoxy groups -OCH3 is 2. The molecule has 0 N–H and O–H groups in total. The minimum atomic E-state index is -0.501. The van der Waals surface area contributed by atoms with Crippen LogP contribution in [0.3, 0.4) is 0 Å². The van der Waals surface area contributed by atoms with Crippen molar-refractivity contribution in [2.24, 2.45) is 0 Å². The standard InChI is InChI=1S/C23H21N2O4/c1-28-22(26)20-13-19(14-21(15-20)23(27)29-2)16-25-11-7-18(8-12-25)4-3-17-5-9-24-10-6-17/h3-15H,16H2,1-2H3/q+1/b4-3+. The molecule has 0 spiro atoms. The molecule has 3 aromatic rings. The highest BCUT2D eigenvalue weighted by Gasteiger charge is 2.15. The van der Waals surface area contributed by atoms with Crippen LogP contribution in [0, 0.1) is 0 Å². The van der Waals surface area contributed by atoms with Gasteiger partial charge in [-0.3, -0.25) is 4.98 Å². The predicted octanol–water partition coefficient (Wildman–Crippen LogP) is 3.16. The lowest BCUT2D eigenvalue weighted by Gasteiger charge is -2.06. The van der Waals surface area contributed by atoms with Gasteiger partial charge < -0.3 is 9.47 Å². The summed E-state index contributed by atoms with van der Waals surface area (Å²) in [6.45, 7) is 0.489. The molecule has 0 bridgehead atoms. The van der Waals surface area contributed by atoms with Crippen molar-refractivity contribution in [3.63, 3.8) is 0 Å². The highest BCUT2D eigenvalue weighted by molar-refractivity contribution is 5.95. The van der Waals surface area contributed by atoms with E-state index >= 15 is 0 Å². The number of benzene rings is 1. The summed E-state index contributed by atoms with van der Waals surface area (Å²) < 4.78 is 11.5. The first kappa shape index (κ1) is 19.9. The van der Waals surface area contributed by atoms with E-state index in [0.717, 1.165) is 16.7 Å². The lowest BCUT2D eigenvalue weighted by molar-refractivity contribution is -0.688. The van der Waals surface area contributed by atoms with Gasteiger partial charge >= 0.3 is 11.9 Å². The van der Waals surface area contributed by atoms with Gasteiger partial charge in [0, 0.05) is 30.1 Å². The molecule has 6 heteroatoms. The lowest BCUT2D eigenvalue weighted by atomic mass is 10.1. The third-order valence-corrected chi connectivity index (χ3v) is 4.29. The summed E-state index contributed by atoms with van der Waals surface area (Å²) in [7, 11) is 2.61. The number of hydrogen-bond acceptors (Lipinski definition) is 5. The number of aromatic nitrogens is 2. The summed E-state index contributed by atoms with van der Waals surface area (Å²) in [5, 5.41) is 0. The molecule has 0 aliphatic carbocycles. The van der Waals surface area contributed by atoms with Gasteiger partial charge in [0.1, 0.15) is 0 Å². The smallest absolute Gasteiger partial charge is 0.337 e. The second kappa shape index (κ2) is 9.41. The molecule has 2 aromatic heterocycles. The maximum Gasteiger partial charge on any atom is 0.337 e. The number of esters is 2. The minimum Gasteiger partial charge on any atom is -0.465 e. The molecule has 2 heterocycles. The van der Waals surface area contributed by atoms with Gasteiger partial charge in [-0.1, -0.05) is 12.2 Å². The summed E-state index contributed by atoms with van der Waals surface area (Å²) in [5.41, 5.74) is 3.53. The molecule has 146 valence electrons. The van der Waals surface area contributed by atoms with Crippen LogP contribution in [-0.4, -0.2) is 31.1 Å². The predicted molar refractivity (Wildman–Crippen MR) is 108 cm³/mol. The summed E-state index contributed by atoms with van der Waals surface area (Å²) in [6.07, 6.45) is 11.4. The summed E-state index contributed by atoms with van der Waals surface area (Å²) in [5.74, 6) is -1.00. The van der Waals surface area contributed by atoms with Crippen molar-refractivity contribution in [2.45, 2.75) is 6.54 Å². The number of nitrogens with zero attached hydrogens (tertiary/aromatic N) is 2. The van der Waals surface area contributed by atoms with E-state index in [4.69, 9.17) is 9.47 Å². The molecule has 0 saturated carbocycles. The van der Waals surface area contributed by atoms with Crippen molar-refractivity contribution < 1.29 is 23.6 Å². The van der Waals surface area contributed by atoms with E-state index in [2.05, 4.69) is 4.98 Å². The van der Waals surface area contributed by atoms with Gasteiger partial charge in [-0.2, -0.15) is 0 Å². The fraction of sp³-hybridized carbons (Fsp3) is 0.130. The van der Waals surface area contributed by atoms with Gasteiger partial charge in [-0.05, 0) is 41.5 Å². The Labute approximate surface area is 169 Å². The van der Waals surface area contributed by atoms with Crippen LogP contribution >= 0.6 is 0 Å². The van der Waals surface area contributed by atoms with E-state index in [0.29, 0.717) is 17.7 Å². The Morgan fingerprint density at radius 2 is 1.38 bits per heavy atom. The number of carbonyl (C=O) groups excluding carboxylic acids is 2. The molecule has 0 atom stereocenters. The molecule has 0 radical (unpaired) electrons. The lowest BCUT2D eigenvalue weighted by Crippen LogP contribution is -2.33. The molecule has 0 amide bonds. The van der Waals surface area contributed by atoms with Gasteiger partial charge in [-0.15, -0.1) is 0 Å². The maximum absolute atomic E-state index is 11.9. The fourth-order valence-corrected chi connectivity index (χ4v) is 2.82. The SMILES string of the molecule is COC(=O)c1cc(C[n+]2ccc(/C=C/c3ccncc3)cc2)cc(C(=O)OC)c1. The Morgan fingerprint density at radius 1 is 0.862 bits per heavy atom. The molecular weight excluding hydrogens is 368 g/mol. The molecule has 3 rings (SSSR count). The Kier molecular flexibility index (Phi) is 6.47. The monoisotopic (exact) mass is 389 g/mol. The van der Waals surface area contributed by atoms with E-state index in [9.17, 15) is 9.59 Å². The zero-order chi connectivity index (χ0) is 20.6. The van der Waals surface area contributed by atoms with Gasteiger partial charge in [-0.25, -0.2) is 14.2 Å². The van der Waals surface area contributed by atoms with E-state index in [-0.39, 0.29) is 0 Å². The van der Waals surface area contributed by atoms with Crippen LogP contribution in [0.25, 0.3) is 12.2 Å². The van der Waals surface area contributed by atoms with Crippen LogP contribution in [0.1, 0.15) is 37.4 Å². The van der Waals surface area contributed by atoms with E-state index in [1.165, 1.54) is 20.3 Å². The maximum atomic E-state index is 11.9. The third kappa shape index (κ3) is 5.35. The quantitative estimate of drug-likeness (QED) is 0.478. The van der Waals surface area contributed by atoms with Crippen molar-refractivity contribution in [1.29, 1.82) is 0 Å². The molecule has 0 unspecified atom stereocenters. The van der Waals surface area contributed by atoms with E-state index in [1.807, 2.05) is 53.4 Å². The van der Waals surface area contributed by atoms with Crippen LogP contribution < -0.4 is 4.57 Å². The average molecular weight is 389 g/mol. The van der Waals surface area contributed by atoms with Crippen LogP contribution in [-0.2, 0) is 16.0 Å². The zero-order valence-corrected chi connectivity index (χ0v) is 16.2. The summed E-state index contributed by atoms with van der Waals surface area (Å²) >= 11 is 0. The van der Waals surface area contributed by atoms with Crippen LogP contribution in [0.5, 0.6) is 0 Å². The first-order valence-corrected chi connectivity index (χ1v) is 8.97. The second-order valence-electron chi connectivity index (χ2n) is 6.32. The van der Waals surface area contributed by atoms with Crippen LogP contribution in [0.2, 0.25) is 0 Å². The number of hydrogen-bond donors (Lipinski definition) is 0. The molecule has 0 aliphatic heterocycles. The fourth-order valence-electron chi connectivity index (χ4n) is 2.82. The first-order valence-electron chi connectivity index (χ1n) is 8.97. The third-order valence-electron chi connectivity index (χ3n) is 4.29. The van der Waals surface area contributed by atoms with E-state index < -0.39 is 11.9 Å². The first-order chi connectivity index (χ1) is 14.1. The molecule has 1 aromatic carbocycles. The normalized spacial score (nSPS) is 10.7. The molecule has 0 saturated heterocycles. The zero-order valence-electron chi connectivity index (χ0n) is 16.2. The molecule has 0 fully saturated rings. The molecular formula is C23H21N2O4+. The van der Waals surface area contributed by atoms with Gasteiger partial charge in [0.2, 0.25) is 0 Å². The van der Waals surface area contributed by atoms with Crippen molar-refractivity contribution in [2.75, 3.05) is 14.2 Å². The summed E-state index contributed by atoms with van der Waals surface area (Å²) in [4.78, 5) is 27.8. The van der Waals surface area contributed by atoms with Gasteiger partial charge in [0.05, 0.1) is 25.3 Å². The number of carbonyl (C=O) groups is 2. The minimum absolute atomic E-state index is 0.308.